The number of carbonyl (C=O) groups excluding carboxylic acids is 1. The van der Waals surface area contributed by atoms with Crippen molar-refractivity contribution in [2.45, 2.75) is 19.8 Å². The first kappa shape index (κ1) is 28.4. The lowest BCUT2D eigenvalue weighted by atomic mass is 10.1. The minimum Gasteiger partial charge on any atom is -0.456 e. The zero-order valence-electron chi connectivity index (χ0n) is 20.7. The summed E-state index contributed by atoms with van der Waals surface area (Å²) in [5.41, 5.74) is 2.31. The second-order valence-electron chi connectivity index (χ2n) is 8.40. The molecule has 0 saturated heterocycles. The van der Waals surface area contributed by atoms with Crippen LogP contribution in [0.2, 0.25) is 10.0 Å². The van der Waals surface area contributed by atoms with Crippen LogP contribution >= 0.6 is 23.2 Å². The molecule has 0 unspecified atom stereocenters. The van der Waals surface area contributed by atoms with Crippen LogP contribution in [-0.2, 0) is 21.1 Å². The zero-order valence-corrected chi connectivity index (χ0v) is 23.1. The fourth-order valence-corrected chi connectivity index (χ4v) is 4.56. The fraction of sp³-hybridized carbons (Fsp3) is 0.269. The highest BCUT2D eigenvalue weighted by Gasteiger charge is 2.16. The average molecular weight is 564 g/mol. The maximum Gasteiger partial charge on any atom is 0.237 e. The van der Waals surface area contributed by atoms with Crippen molar-refractivity contribution in [2.24, 2.45) is 0 Å². The van der Waals surface area contributed by atoms with Gasteiger partial charge in [-0.2, -0.15) is 0 Å². The van der Waals surface area contributed by atoms with Gasteiger partial charge in [-0.25, -0.2) is 18.4 Å². The number of amides is 1. The number of sulfone groups is 1. The largest absolute Gasteiger partial charge is 0.456 e. The number of nitrogens with zero attached hydrogens (tertiary/aromatic N) is 3. The van der Waals surface area contributed by atoms with Crippen LogP contribution in [-0.4, -0.2) is 54.8 Å². The molecule has 0 saturated carbocycles. The summed E-state index contributed by atoms with van der Waals surface area (Å²) in [6, 6.07) is 12.4. The van der Waals surface area contributed by atoms with Gasteiger partial charge in [0.05, 0.1) is 10.7 Å². The SMILES string of the molecule is C/C=C\c1ncnc(Nc2ccc(Oc3cccc(Cl)c3)c(Cl)c2)c1CCCN(C)C(=O)CS(C)(=O)=O. The van der Waals surface area contributed by atoms with Gasteiger partial charge in [-0.1, -0.05) is 35.3 Å². The molecule has 1 N–H and O–H groups in total. The Balaban J connectivity index is 1.75. The van der Waals surface area contributed by atoms with Gasteiger partial charge in [0.1, 0.15) is 29.4 Å². The Morgan fingerprint density at radius 3 is 2.62 bits per heavy atom. The van der Waals surface area contributed by atoms with Gasteiger partial charge >= 0.3 is 0 Å². The highest BCUT2D eigenvalue weighted by molar-refractivity contribution is 7.91. The number of carbonyl (C=O) groups is 1. The van der Waals surface area contributed by atoms with Gasteiger partial charge < -0.3 is 15.0 Å². The number of ether oxygens (including phenoxy) is 1. The van der Waals surface area contributed by atoms with Crippen LogP contribution in [0.25, 0.3) is 6.08 Å². The molecular formula is C26H28Cl2N4O4S. The quantitative estimate of drug-likeness (QED) is 0.315. The first-order chi connectivity index (χ1) is 17.6. The van der Waals surface area contributed by atoms with Crippen LogP contribution in [0, 0.1) is 0 Å². The second kappa shape index (κ2) is 12.9. The first-order valence-corrected chi connectivity index (χ1v) is 14.3. The molecule has 0 radical (unpaired) electrons. The molecule has 0 aliphatic rings. The average Bonchev–Trinajstić information content (AvgIpc) is 2.81. The van der Waals surface area contributed by atoms with Crippen LogP contribution in [0.15, 0.2) is 54.9 Å². The van der Waals surface area contributed by atoms with E-state index in [-0.39, 0.29) is 0 Å². The van der Waals surface area contributed by atoms with Gasteiger partial charge in [0, 0.05) is 36.1 Å². The molecule has 196 valence electrons. The van der Waals surface area contributed by atoms with Gasteiger partial charge in [-0.3, -0.25) is 4.79 Å². The van der Waals surface area contributed by atoms with Crippen molar-refractivity contribution in [2.75, 3.05) is 30.9 Å². The van der Waals surface area contributed by atoms with E-state index in [1.54, 1.807) is 43.4 Å². The predicted octanol–water partition coefficient (Wildman–Crippen LogP) is 5.79. The van der Waals surface area contributed by atoms with Crippen molar-refractivity contribution >= 4 is 56.5 Å². The molecule has 0 fully saturated rings. The lowest BCUT2D eigenvalue weighted by molar-refractivity contribution is -0.127. The summed E-state index contributed by atoms with van der Waals surface area (Å²) in [5, 5.41) is 4.26. The standard InChI is InChI=1S/C26H28Cl2N4O4S/c1-4-7-23-21(10-6-13-32(2)25(33)16-37(3,34)35)26(30-17-29-23)31-19-11-12-24(22(28)15-19)36-20-9-5-8-18(27)14-20/h4-5,7-9,11-12,14-15,17H,6,10,13,16H2,1-3H3,(H,29,30,31)/b7-4-. The predicted molar refractivity (Wildman–Crippen MR) is 149 cm³/mol. The molecule has 11 heteroatoms. The Bertz CT molecular complexity index is 1400. The summed E-state index contributed by atoms with van der Waals surface area (Å²) >= 11 is 12.5. The Labute approximate surface area is 227 Å². The molecule has 37 heavy (non-hydrogen) atoms. The maximum atomic E-state index is 12.1. The number of halogens is 2. The van der Waals surface area contributed by atoms with Gasteiger partial charge in [-0.05, 0) is 62.2 Å². The highest BCUT2D eigenvalue weighted by atomic mass is 35.5. The molecule has 0 aliphatic heterocycles. The van der Waals surface area contributed by atoms with Gasteiger partial charge in [-0.15, -0.1) is 0 Å². The number of benzene rings is 2. The topological polar surface area (TPSA) is 101 Å². The van der Waals surface area contributed by atoms with E-state index in [1.165, 1.54) is 11.2 Å². The van der Waals surface area contributed by atoms with Gasteiger partial charge in [0.2, 0.25) is 5.91 Å². The van der Waals surface area contributed by atoms with Crippen molar-refractivity contribution in [3.8, 4) is 11.5 Å². The van der Waals surface area contributed by atoms with E-state index in [4.69, 9.17) is 27.9 Å². The Kier molecular flexibility index (Phi) is 9.91. The molecule has 1 amide bonds. The molecule has 1 heterocycles. The summed E-state index contributed by atoms with van der Waals surface area (Å²) in [4.78, 5) is 22.4. The number of hydrogen-bond acceptors (Lipinski definition) is 7. The van der Waals surface area contributed by atoms with E-state index in [0.29, 0.717) is 52.4 Å². The third kappa shape index (κ3) is 8.73. The van der Waals surface area contributed by atoms with Gasteiger partial charge in [0.25, 0.3) is 0 Å². The summed E-state index contributed by atoms with van der Waals surface area (Å²) in [6.07, 6.45) is 7.44. The summed E-state index contributed by atoms with van der Waals surface area (Å²) in [5.74, 6) is 0.714. The molecule has 8 nitrogen and oxygen atoms in total. The summed E-state index contributed by atoms with van der Waals surface area (Å²) < 4.78 is 28.7. The Hall–Kier alpha value is -3.14. The third-order valence-corrected chi connectivity index (χ3v) is 6.56. The molecule has 0 spiro atoms. The molecule has 1 aromatic heterocycles. The van der Waals surface area contributed by atoms with Crippen LogP contribution in [0.1, 0.15) is 24.6 Å². The number of allylic oxidation sites excluding steroid dienone is 1. The third-order valence-electron chi connectivity index (χ3n) is 5.25. The van der Waals surface area contributed by atoms with Crippen molar-refractivity contribution in [1.82, 2.24) is 14.9 Å². The number of hydrogen-bond donors (Lipinski definition) is 1. The Morgan fingerprint density at radius 2 is 1.95 bits per heavy atom. The lowest BCUT2D eigenvalue weighted by Crippen LogP contribution is -2.33. The van der Waals surface area contributed by atoms with Crippen LogP contribution in [0.4, 0.5) is 11.5 Å². The monoisotopic (exact) mass is 562 g/mol. The molecule has 3 rings (SSSR count). The zero-order chi connectivity index (χ0) is 27.0. The van der Waals surface area contributed by atoms with E-state index in [0.717, 1.165) is 17.5 Å². The Morgan fingerprint density at radius 1 is 1.16 bits per heavy atom. The maximum absolute atomic E-state index is 12.1. The van der Waals surface area contributed by atoms with E-state index in [1.807, 2.05) is 25.1 Å². The van der Waals surface area contributed by atoms with Crippen molar-refractivity contribution in [1.29, 1.82) is 0 Å². The smallest absolute Gasteiger partial charge is 0.237 e. The molecule has 2 aromatic carbocycles. The number of nitrogens with one attached hydrogen (secondary N) is 1. The normalized spacial score (nSPS) is 11.5. The minimum absolute atomic E-state index is 0.388. The molecule has 0 aliphatic carbocycles. The van der Waals surface area contributed by atoms with Crippen molar-refractivity contribution in [3.05, 3.63) is 76.2 Å². The first-order valence-electron chi connectivity index (χ1n) is 11.4. The summed E-state index contributed by atoms with van der Waals surface area (Å²) in [6.45, 7) is 2.29. The fourth-order valence-electron chi connectivity index (χ4n) is 3.49. The van der Waals surface area contributed by atoms with E-state index in [2.05, 4.69) is 15.3 Å². The van der Waals surface area contributed by atoms with Crippen molar-refractivity contribution in [3.63, 3.8) is 0 Å². The van der Waals surface area contributed by atoms with E-state index >= 15 is 0 Å². The molecular weight excluding hydrogens is 535 g/mol. The summed E-state index contributed by atoms with van der Waals surface area (Å²) in [7, 11) is -1.79. The van der Waals surface area contributed by atoms with Crippen LogP contribution in [0.3, 0.4) is 0 Å². The lowest BCUT2D eigenvalue weighted by Gasteiger charge is -2.18. The highest BCUT2D eigenvalue weighted by Crippen LogP contribution is 2.34. The molecule has 3 aromatic rings. The minimum atomic E-state index is -3.38. The second-order valence-corrected chi connectivity index (χ2v) is 11.4. The number of anilines is 2. The number of aromatic nitrogens is 2. The van der Waals surface area contributed by atoms with E-state index in [9.17, 15) is 13.2 Å². The van der Waals surface area contributed by atoms with Gasteiger partial charge in [0.15, 0.2) is 9.84 Å². The molecule has 0 bridgehead atoms. The number of rotatable bonds is 11. The molecule has 0 atom stereocenters. The van der Waals surface area contributed by atoms with Crippen LogP contribution in [0.5, 0.6) is 11.5 Å². The van der Waals surface area contributed by atoms with Crippen LogP contribution < -0.4 is 10.1 Å². The van der Waals surface area contributed by atoms with E-state index < -0.39 is 21.5 Å². The van der Waals surface area contributed by atoms with Crippen molar-refractivity contribution < 1.29 is 17.9 Å².